The Morgan fingerprint density at radius 3 is 2.83 bits per heavy atom. The smallest absolute Gasteiger partial charge is 0.282 e. The van der Waals surface area contributed by atoms with Crippen molar-refractivity contribution in [3.05, 3.63) is 75.2 Å². The highest BCUT2D eigenvalue weighted by Crippen LogP contribution is 2.17. The van der Waals surface area contributed by atoms with Crippen LogP contribution in [-0.4, -0.2) is 20.2 Å². The molecule has 2 aromatic heterocycles. The highest BCUT2D eigenvalue weighted by molar-refractivity contribution is 6.30. The normalized spacial score (nSPS) is 10.7. The number of para-hydroxylation sites is 1. The van der Waals surface area contributed by atoms with Crippen LogP contribution in [0.15, 0.2) is 48.8 Å². The molecule has 116 valence electrons. The molecular weight excluding hydrogens is 320 g/mol. The van der Waals surface area contributed by atoms with E-state index in [1.54, 1.807) is 35.0 Å². The number of rotatable bonds is 4. The number of amides is 1. The molecule has 0 aliphatic rings. The molecule has 0 radical (unpaired) electrons. The van der Waals surface area contributed by atoms with E-state index in [1.165, 1.54) is 18.2 Å². The Kier molecular flexibility index (Phi) is 3.94. The maximum atomic E-state index is 12.1. The van der Waals surface area contributed by atoms with Crippen molar-refractivity contribution in [1.82, 2.24) is 14.7 Å². The van der Waals surface area contributed by atoms with Crippen LogP contribution in [0.2, 0.25) is 5.02 Å². The molecule has 0 bridgehead atoms. The first-order valence-electron chi connectivity index (χ1n) is 6.69. The standard InChI is InChI=1S/C15H11ClN4O3/c16-10-5-6-14-18-11(9-19(14)8-10)7-17-15(21)12-3-1-2-4-13(12)20(22)23/h1-6,8-9H,7H2,(H,17,21). The number of aromatic nitrogens is 2. The van der Waals surface area contributed by atoms with E-state index in [1.807, 2.05) is 0 Å². The topological polar surface area (TPSA) is 89.5 Å². The van der Waals surface area contributed by atoms with Crippen LogP contribution in [0.3, 0.4) is 0 Å². The molecule has 8 heteroatoms. The molecule has 0 saturated heterocycles. The summed E-state index contributed by atoms with van der Waals surface area (Å²) in [6, 6.07) is 9.28. The van der Waals surface area contributed by atoms with E-state index in [0.29, 0.717) is 16.4 Å². The van der Waals surface area contributed by atoms with E-state index < -0.39 is 10.8 Å². The molecule has 7 nitrogen and oxygen atoms in total. The summed E-state index contributed by atoms with van der Waals surface area (Å²) >= 11 is 5.90. The van der Waals surface area contributed by atoms with Crippen molar-refractivity contribution in [2.45, 2.75) is 6.54 Å². The maximum absolute atomic E-state index is 12.1. The molecule has 23 heavy (non-hydrogen) atoms. The number of nitrogens with one attached hydrogen (secondary N) is 1. The number of imidazole rings is 1. The molecule has 1 N–H and O–H groups in total. The van der Waals surface area contributed by atoms with Crippen LogP contribution in [0.4, 0.5) is 5.69 Å². The first-order valence-corrected chi connectivity index (χ1v) is 7.07. The third-order valence-electron chi connectivity index (χ3n) is 3.24. The van der Waals surface area contributed by atoms with Gasteiger partial charge in [-0.25, -0.2) is 4.98 Å². The fraction of sp³-hybridized carbons (Fsp3) is 0.0667. The van der Waals surface area contributed by atoms with Crippen LogP contribution in [-0.2, 0) is 6.54 Å². The monoisotopic (exact) mass is 330 g/mol. The van der Waals surface area contributed by atoms with Crippen LogP contribution >= 0.6 is 11.6 Å². The van der Waals surface area contributed by atoms with Crippen molar-refractivity contribution in [2.24, 2.45) is 0 Å². The highest BCUT2D eigenvalue weighted by Gasteiger charge is 2.19. The zero-order chi connectivity index (χ0) is 16.4. The minimum atomic E-state index is -0.582. The molecule has 2 heterocycles. The lowest BCUT2D eigenvalue weighted by atomic mass is 10.1. The third kappa shape index (κ3) is 3.14. The van der Waals surface area contributed by atoms with Gasteiger partial charge in [0, 0.05) is 18.5 Å². The number of pyridine rings is 1. The Bertz CT molecular complexity index is 907. The van der Waals surface area contributed by atoms with E-state index >= 15 is 0 Å². The predicted octanol–water partition coefficient (Wildman–Crippen LogP) is 2.83. The molecule has 3 rings (SSSR count). The summed E-state index contributed by atoms with van der Waals surface area (Å²) in [7, 11) is 0. The van der Waals surface area contributed by atoms with Gasteiger partial charge in [-0.15, -0.1) is 0 Å². The van der Waals surface area contributed by atoms with Gasteiger partial charge < -0.3 is 9.72 Å². The number of nitro groups is 1. The summed E-state index contributed by atoms with van der Waals surface area (Å²) in [6.45, 7) is 0.157. The second-order valence-electron chi connectivity index (χ2n) is 4.80. The lowest BCUT2D eigenvalue weighted by Gasteiger charge is -2.03. The van der Waals surface area contributed by atoms with Crippen molar-refractivity contribution in [1.29, 1.82) is 0 Å². The van der Waals surface area contributed by atoms with Crippen LogP contribution in [0.1, 0.15) is 16.1 Å². The van der Waals surface area contributed by atoms with Crippen LogP contribution in [0.5, 0.6) is 0 Å². The van der Waals surface area contributed by atoms with Crippen molar-refractivity contribution >= 4 is 28.8 Å². The first kappa shape index (κ1) is 15.0. The number of benzene rings is 1. The third-order valence-corrected chi connectivity index (χ3v) is 3.46. The van der Waals surface area contributed by atoms with Crippen molar-refractivity contribution in [2.75, 3.05) is 0 Å². The number of halogens is 1. The molecule has 0 aliphatic carbocycles. The molecule has 0 atom stereocenters. The minimum absolute atomic E-state index is 0.0179. The number of carbonyl (C=O) groups is 1. The van der Waals surface area contributed by atoms with E-state index in [4.69, 9.17) is 11.6 Å². The number of nitrogens with zero attached hydrogens (tertiary/aromatic N) is 3. The number of nitro benzene ring substituents is 1. The van der Waals surface area contributed by atoms with Crippen LogP contribution < -0.4 is 5.32 Å². The largest absolute Gasteiger partial charge is 0.346 e. The van der Waals surface area contributed by atoms with Gasteiger partial charge in [0.05, 0.1) is 22.2 Å². The van der Waals surface area contributed by atoms with Crippen molar-refractivity contribution < 1.29 is 9.72 Å². The van der Waals surface area contributed by atoms with Crippen molar-refractivity contribution in [3.8, 4) is 0 Å². The van der Waals surface area contributed by atoms with E-state index in [9.17, 15) is 14.9 Å². The second-order valence-corrected chi connectivity index (χ2v) is 5.24. The summed E-state index contributed by atoms with van der Waals surface area (Å²) in [4.78, 5) is 26.8. The first-order chi connectivity index (χ1) is 11.0. The molecule has 0 fully saturated rings. The summed E-state index contributed by atoms with van der Waals surface area (Å²) in [6.07, 6.45) is 3.44. The van der Waals surface area contributed by atoms with E-state index in [2.05, 4.69) is 10.3 Å². The molecule has 1 aromatic carbocycles. The van der Waals surface area contributed by atoms with Gasteiger partial charge in [0.25, 0.3) is 11.6 Å². The quantitative estimate of drug-likeness (QED) is 0.588. The molecule has 0 unspecified atom stereocenters. The predicted molar refractivity (Wildman–Crippen MR) is 84.5 cm³/mol. The Hall–Kier alpha value is -2.93. The Morgan fingerprint density at radius 1 is 1.26 bits per heavy atom. The Labute approximate surface area is 135 Å². The average molecular weight is 331 g/mol. The number of fused-ring (bicyclic) bond motifs is 1. The van der Waals surface area contributed by atoms with E-state index in [-0.39, 0.29) is 17.8 Å². The van der Waals surface area contributed by atoms with Gasteiger partial charge in [-0.05, 0) is 18.2 Å². The average Bonchev–Trinajstić information content (AvgIpc) is 2.94. The molecule has 0 aliphatic heterocycles. The van der Waals surface area contributed by atoms with Gasteiger partial charge >= 0.3 is 0 Å². The van der Waals surface area contributed by atoms with Crippen LogP contribution in [0.25, 0.3) is 5.65 Å². The number of carbonyl (C=O) groups excluding carboxylic acids is 1. The van der Waals surface area contributed by atoms with Crippen LogP contribution in [0, 0.1) is 10.1 Å². The van der Waals surface area contributed by atoms with Gasteiger partial charge in [-0.1, -0.05) is 23.7 Å². The molecular formula is C15H11ClN4O3. The summed E-state index contributed by atoms with van der Waals surface area (Å²) < 4.78 is 1.74. The molecule has 1 amide bonds. The fourth-order valence-corrected chi connectivity index (χ4v) is 2.36. The van der Waals surface area contributed by atoms with Gasteiger partial charge in [-0.2, -0.15) is 0 Å². The fourth-order valence-electron chi connectivity index (χ4n) is 2.19. The second kappa shape index (κ2) is 6.05. The lowest BCUT2D eigenvalue weighted by molar-refractivity contribution is -0.385. The zero-order valence-electron chi connectivity index (χ0n) is 11.8. The van der Waals surface area contributed by atoms with Gasteiger partial charge in [-0.3, -0.25) is 14.9 Å². The SMILES string of the molecule is O=C(NCc1cn2cc(Cl)ccc2n1)c1ccccc1[N+](=O)[O-]. The van der Waals surface area contributed by atoms with Crippen molar-refractivity contribution in [3.63, 3.8) is 0 Å². The molecule has 0 saturated carbocycles. The van der Waals surface area contributed by atoms with Gasteiger partial charge in [0.2, 0.25) is 0 Å². The minimum Gasteiger partial charge on any atom is -0.346 e. The number of hydrogen-bond acceptors (Lipinski definition) is 4. The Balaban J connectivity index is 1.77. The molecule has 0 spiro atoms. The summed E-state index contributed by atoms with van der Waals surface area (Å²) in [5.74, 6) is -0.521. The van der Waals surface area contributed by atoms with Gasteiger partial charge in [0.15, 0.2) is 0 Å². The maximum Gasteiger partial charge on any atom is 0.282 e. The zero-order valence-corrected chi connectivity index (χ0v) is 12.5. The molecule has 3 aromatic rings. The Morgan fingerprint density at radius 2 is 2.04 bits per heavy atom. The highest BCUT2D eigenvalue weighted by atomic mass is 35.5. The lowest BCUT2D eigenvalue weighted by Crippen LogP contribution is -2.23. The van der Waals surface area contributed by atoms with Gasteiger partial charge in [0.1, 0.15) is 11.2 Å². The van der Waals surface area contributed by atoms with E-state index in [0.717, 1.165) is 0 Å². The number of hydrogen-bond donors (Lipinski definition) is 1. The summed E-state index contributed by atoms with van der Waals surface area (Å²) in [5, 5.41) is 14.2. The summed E-state index contributed by atoms with van der Waals surface area (Å²) in [5.41, 5.74) is 1.11.